The molecule has 0 bridgehead atoms. The molecule has 3 rings (SSSR count). The van der Waals surface area contributed by atoms with Crippen molar-refractivity contribution < 1.29 is 33.9 Å². The van der Waals surface area contributed by atoms with Crippen LogP contribution in [0.5, 0.6) is 11.5 Å². The van der Waals surface area contributed by atoms with Crippen molar-refractivity contribution in [2.75, 3.05) is 20.0 Å². The Hall–Kier alpha value is -3.07. The number of aromatic nitrogens is 1. The number of hydrogen-bond acceptors (Lipinski definition) is 6. The smallest absolute Gasteiger partial charge is 0.338 e. The van der Waals surface area contributed by atoms with Crippen LogP contribution in [0, 0.1) is 5.82 Å². The zero-order valence-electron chi connectivity index (χ0n) is 17.2. The van der Waals surface area contributed by atoms with Gasteiger partial charge in [0.2, 0.25) is 0 Å². The second-order valence-corrected chi connectivity index (χ2v) is 7.39. The van der Waals surface area contributed by atoms with Crippen LogP contribution in [0.2, 0.25) is 10.0 Å². The molecule has 1 atom stereocenters. The summed E-state index contributed by atoms with van der Waals surface area (Å²) in [7, 11) is 3.02. The van der Waals surface area contributed by atoms with Gasteiger partial charge in [-0.3, -0.25) is 0 Å². The summed E-state index contributed by atoms with van der Waals surface area (Å²) < 4.78 is 30.2. The first-order valence-electron chi connectivity index (χ1n) is 9.16. The van der Waals surface area contributed by atoms with Gasteiger partial charge in [0, 0.05) is 12.0 Å². The number of benzene rings is 2. The number of pyridine rings is 1. The maximum atomic E-state index is 13.8. The molecule has 0 amide bonds. The fourth-order valence-corrected chi connectivity index (χ4v) is 3.52. The van der Waals surface area contributed by atoms with Crippen molar-refractivity contribution in [3.63, 3.8) is 0 Å². The normalized spacial score (nSPS) is 11.3. The molecule has 0 aliphatic heterocycles. The van der Waals surface area contributed by atoms with Crippen molar-refractivity contribution in [2.45, 2.75) is 12.5 Å². The highest BCUT2D eigenvalue weighted by atomic mass is 35.5. The molecule has 3 aromatic rings. The number of anilines is 1. The lowest BCUT2D eigenvalue weighted by molar-refractivity contribution is -0.377. The summed E-state index contributed by atoms with van der Waals surface area (Å²) in [4.78, 5) is 15.6. The zero-order chi connectivity index (χ0) is 22.5. The van der Waals surface area contributed by atoms with Gasteiger partial charge in [0.15, 0.2) is 23.9 Å². The number of carbonyl (C=O) groups is 1. The minimum Gasteiger partial charge on any atom is -0.870 e. The molecule has 7 nitrogen and oxygen atoms in total. The van der Waals surface area contributed by atoms with E-state index in [1.165, 1.54) is 26.4 Å². The molecule has 0 saturated heterocycles. The summed E-state index contributed by atoms with van der Waals surface area (Å²) in [5, 5.41) is 0.764. The minimum atomic E-state index is -0.801. The number of aromatic amines is 1. The Labute approximate surface area is 194 Å². The van der Waals surface area contributed by atoms with Crippen molar-refractivity contribution in [2.24, 2.45) is 0 Å². The molecule has 1 heterocycles. The van der Waals surface area contributed by atoms with E-state index in [0.29, 0.717) is 32.7 Å². The molecule has 0 radical (unpaired) electrons. The van der Waals surface area contributed by atoms with Crippen molar-refractivity contribution >= 4 is 34.9 Å². The molecule has 0 spiro atoms. The largest absolute Gasteiger partial charge is 0.870 e. The van der Waals surface area contributed by atoms with Crippen LogP contribution in [-0.2, 0) is 11.2 Å². The Morgan fingerprint density at radius 3 is 2.31 bits per heavy atom. The van der Waals surface area contributed by atoms with E-state index in [0.717, 1.165) is 6.07 Å². The van der Waals surface area contributed by atoms with Crippen LogP contribution in [0.4, 0.5) is 10.1 Å². The maximum Gasteiger partial charge on any atom is 0.338 e. The summed E-state index contributed by atoms with van der Waals surface area (Å²) in [6, 6.07) is 8.85. The van der Waals surface area contributed by atoms with Crippen molar-refractivity contribution in [3.8, 4) is 11.5 Å². The minimum absolute atomic E-state index is 0. The number of halogens is 3. The van der Waals surface area contributed by atoms with Gasteiger partial charge in [0.25, 0.3) is 0 Å². The van der Waals surface area contributed by atoms with Crippen molar-refractivity contribution in [1.82, 2.24) is 0 Å². The Morgan fingerprint density at radius 1 is 1.06 bits per heavy atom. The van der Waals surface area contributed by atoms with E-state index in [2.05, 4.69) is 4.98 Å². The number of carbonyl (C=O) groups excluding carboxylic acids is 1. The Balaban J connectivity index is 0.00000363. The molecule has 170 valence electrons. The summed E-state index contributed by atoms with van der Waals surface area (Å²) >= 11 is 12.6. The van der Waals surface area contributed by atoms with Gasteiger partial charge >= 0.3 is 5.97 Å². The monoisotopic (exact) mass is 482 g/mol. The number of rotatable bonds is 7. The number of hydrogen-bond donors (Lipinski definition) is 1. The fourth-order valence-electron chi connectivity index (χ4n) is 2.99. The average molecular weight is 483 g/mol. The van der Waals surface area contributed by atoms with Crippen LogP contribution < -0.4 is 20.2 Å². The van der Waals surface area contributed by atoms with Gasteiger partial charge in [0.1, 0.15) is 22.0 Å². The SMILES string of the molecule is COc1ccc([C@H](Cc2c(Cl)c[nH+]cc2Cl)OC(=O)c2ccc(N)c(F)c2)cc1OC.[OH-]. The first kappa shape index (κ1) is 25.2. The van der Waals surface area contributed by atoms with Gasteiger partial charge in [-0.2, -0.15) is 0 Å². The third-order valence-electron chi connectivity index (χ3n) is 4.65. The Bertz CT molecular complexity index is 1090. The molecular formula is C22H21Cl2FN2O5. The zero-order valence-corrected chi connectivity index (χ0v) is 18.7. The van der Waals surface area contributed by atoms with Crippen LogP contribution in [0.15, 0.2) is 48.8 Å². The van der Waals surface area contributed by atoms with Crippen LogP contribution in [0.3, 0.4) is 0 Å². The highest BCUT2D eigenvalue weighted by molar-refractivity contribution is 6.35. The van der Waals surface area contributed by atoms with Crippen LogP contribution in [0.25, 0.3) is 0 Å². The van der Waals surface area contributed by atoms with E-state index >= 15 is 0 Å². The molecule has 0 unspecified atom stereocenters. The second kappa shape index (κ2) is 11.0. The fraction of sp³-hybridized carbons (Fsp3) is 0.182. The third kappa shape index (κ3) is 5.59. The Kier molecular flexibility index (Phi) is 8.65. The molecule has 32 heavy (non-hydrogen) atoms. The molecular weight excluding hydrogens is 462 g/mol. The van der Waals surface area contributed by atoms with Crippen LogP contribution in [0.1, 0.15) is 27.6 Å². The van der Waals surface area contributed by atoms with E-state index in [1.54, 1.807) is 30.6 Å². The maximum absolute atomic E-state index is 13.8. The number of nitrogens with two attached hydrogens (primary N) is 1. The van der Waals surface area contributed by atoms with Gasteiger partial charge < -0.3 is 25.4 Å². The summed E-state index contributed by atoms with van der Waals surface area (Å²) in [5.41, 5.74) is 6.65. The van der Waals surface area contributed by atoms with E-state index in [9.17, 15) is 9.18 Å². The standard InChI is InChI=1S/C22H19Cl2FN2O4.H2O/c1-29-19-6-4-12(8-21(19)30-2)20(9-14-15(23)10-27-11-16(14)24)31-22(28)13-3-5-18(26)17(25)7-13;/h3-8,10-11,20H,9,26H2,1-2H3;1H2/t20-;/m0./s1. The number of nitrogen functional groups attached to an aromatic ring is 1. The number of methoxy groups -OCH3 is 2. The van der Waals surface area contributed by atoms with E-state index < -0.39 is 17.9 Å². The first-order valence-corrected chi connectivity index (χ1v) is 9.91. The highest BCUT2D eigenvalue weighted by Gasteiger charge is 2.24. The van der Waals surface area contributed by atoms with E-state index in [-0.39, 0.29) is 23.1 Å². The van der Waals surface area contributed by atoms with E-state index in [1.807, 2.05) is 0 Å². The average Bonchev–Trinajstić information content (AvgIpc) is 2.76. The number of esters is 1. The lowest BCUT2D eigenvalue weighted by Gasteiger charge is -2.20. The first-order chi connectivity index (χ1) is 14.8. The van der Waals surface area contributed by atoms with E-state index in [4.69, 9.17) is 43.1 Å². The molecule has 0 aliphatic rings. The molecule has 10 heteroatoms. The topological polar surface area (TPSA) is 115 Å². The summed E-state index contributed by atoms with van der Waals surface area (Å²) in [6.45, 7) is 0. The van der Waals surface area contributed by atoms with Crippen LogP contribution in [-0.4, -0.2) is 25.7 Å². The highest BCUT2D eigenvalue weighted by Crippen LogP contribution is 2.35. The number of ether oxygens (including phenoxy) is 3. The number of H-pyrrole nitrogens is 1. The van der Waals surface area contributed by atoms with Crippen LogP contribution >= 0.6 is 23.2 Å². The molecule has 4 N–H and O–H groups in total. The molecule has 1 aromatic heterocycles. The summed E-state index contributed by atoms with van der Waals surface area (Å²) in [5.74, 6) is -0.462. The Morgan fingerprint density at radius 2 is 1.72 bits per heavy atom. The van der Waals surface area contributed by atoms with Gasteiger partial charge in [-0.25, -0.2) is 14.2 Å². The second-order valence-electron chi connectivity index (χ2n) is 6.58. The lowest BCUT2D eigenvalue weighted by atomic mass is 10.0. The molecule has 0 fully saturated rings. The quantitative estimate of drug-likeness (QED) is 0.391. The van der Waals surface area contributed by atoms with Gasteiger partial charge in [-0.1, -0.05) is 29.3 Å². The van der Waals surface area contributed by atoms with Gasteiger partial charge in [-0.15, -0.1) is 0 Å². The van der Waals surface area contributed by atoms with Gasteiger partial charge in [-0.05, 0) is 35.9 Å². The lowest BCUT2D eigenvalue weighted by Crippen LogP contribution is -2.16. The van der Waals surface area contributed by atoms with Gasteiger partial charge in [0.05, 0.1) is 25.5 Å². The predicted octanol–water partition coefficient (Wildman–Crippen LogP) is 4.51. The molecule has 0 aliphatic carbocycles. The third-order valence-corrected chi connectivity index (χ3v) is 5.33. The van der Waals surface area contributed by atoms with Crippen molar-refractivity contribution in [3.05, 3.63) is 81.3 Å². The van der Waals surface area contributed by atoms with Crippen molar-refractivity contribution in [1.29, 1.82) is 0 Å². The molecule has 0 saturated carbocycles. The summed E-state index contributed by atoms with van der Waals surface area (Å²) in [6.07, 6.45) is 2.52. The number of nitrogens with one attached hydrogen (secondary N) is 1. The molecule has 2 aromatic carbocycles. The predicted molar refractivity (Wildman–Crippen MR) is 117 cm³/mol.